The fraction of sp³-hybridized carbons (Fsp3) is 0.217. The van der Waals surface area contributed by atoms with E-state index in [4.69, 9.17) is 25.5 Å². The highest BCUT2D eigenvalue weighted by atomic mass is 35.5. The van der Waals surface area contributed by atoms with Crippen LogP contribution in [0.1, 0.15) is 12.2 Å². The number of nitrogens with zero attached hydrogens (tertiary/aromatic N) is 2. The number of thioether (sulfide) groups is 1. The van der Waals surface area contributed by atoms with Crippen molar-refractivity contribution < 1.29 is 18.7 Å². The number of amides is 1. The minimum absolute atomic E-state index is 0.0449. The first-order chi connectivity index (χ1) is 15.6. The number of furan rings is 1. The fourth-order valence-corrected chi connectivity index (χ4v) is 5.22. The molecule has 4 aromatic rings. The lowest BCUT2D eigenvalue weighted by molar-refractivity contribution is -0.118. The summed E-state index contributed by atoms with van der Waals surface area (Å²) in [7, 11) is 3.23. The number of thiazole rings is 1. The molecule has 166 valence electrons. The van der Waals surface area contributed by atoms with E-state index in [1.807, 2.05) is 30.3 Å². The molecule has 0 fully saturated rings. The van der Waals surface area contributed by atoms with Crippen molar-refractivity contribution in [3.05, 3.63) is 65.6 Å². The lowest BCUT2D eigenvalue weighted by Crippen LogP contribution is -2.30. The van der Waals surface area contributed by atoms with Gasteiger partial charge in [-0.1, -0.05) is 22.9 Å². The number of fused-ring (bicyclic) bond motifs is 1. The predicted molar refractivity (Wildman–Crippen MR) is 129 cm³/mol. The minimum Gasteiger partial charge on any atom is -0.497 e. The van der Waals surface area contributed by atoms with Gasteiger partial charge in [-0.05, 0) is 48.5 Å². The van der Waals surface area contributed by atoms with Crippen LogP contribution in [0.5, 0.6) is 11.5 Å². The Balaban J connectivity index is 1.54. The molecule has 0 aliphatic rings. The summed E-state index contributed by atoms with van der Waals surface area (Å²) in [6.07, 6.45) is 1.94. The van der Waals surface area contributed by atoms with Crippen LogP contribution in [-0.2, 0) is 11.3 Å². The quantitative estimate of drug-likeness (QED) is 0.258. The molecule has 32 heavy (non-hydrogen) atoms. The third-order valence-corrected chi connectivity index (χ3v) is 7.29. The summed E-state index contributed by atoms with van der Waals surface area (Å²) in [5.74, 6) is 2.69. The molecule has 0 saturated heterocycles. The molecule has 4 rings (SSSR count). The molecule has 2 aromatic carbocycles. The number of halogens is 1. The maximum atomic E-state index is 13.2. The van der Waals surface area contributed by atoms with Gasteiger partial charge in [0.2, 0.25) is 5.91 Å². The van der Waals surface area contributed by atoms with E-state index in [2.05, 4.69) is 4.98 Å². The van der Waals surface area contributed by atoms with E-state index < -0.39 is 0 Å². The third kappa shape index (κ3) is 5.03. The first kappa shape index (κ1) is 22.5. The zero-order valence-corrected chi connectivity index (χ0v) is 19.9. The van der Waals surface area contributed by atoms with Crippen molar-refractivity contribution in [1.29, 1.82) is 0 Å². The van der Waals surface area contributed by atoms with E-state index in [-0.39, 0.29) is 5.91 Å². The highest BCUT2D eigenvalue weighted by Gasteiger charge is 2.23. The summed E-state index contributed by atoms with van der Waals surface area (Å²) in [6, 6.07) is 15.0. The molecule has 9 heteroatoms. The van der Waals surface area contributed by atoms with Gasteiger partial charge < -0.3 is 13.9 Å². The van der Waals surface area contributed by atoms with Crippen LogP contribution in [-0.4, -0.2) is 30.9 Å². The van der Waals surface area contributed by atoms with Gasteiger partial charge in [0.25, 0.3) is 0 Å². The molecule has 0 radical (unpaired) electrons. The lowest BCUT2D eigenvalue weighted by atomic mass is 10.3. The number of rotatable bonds is 9. The van der Waals surface area contributed by atoms with Crippen LogP contribution in [0.25, 0.3) is 10.2 Å². The van der Waals surface area contributed by atoms with Crippen LogP contribution in [0.4, 0.5) is 5.13 Å². The average molecular weight is 489 g/mol. The van der Waals surface area contributed by atoms with Gasteiger partial charge in [-0.3, -0.25) is 9.69 Å². The van der Waals surface area contributed by atoms with Crippen LogP contribution in [0, 0.1) is 0 Å². The summed E-state index contributed by atoms with van der Waals surface area (Å²) in [4.78, 5) is 20.6. The molecule has 0 N–H and O–H groups in total. The third-order valence-electron chi connectivity index (χ3n) is 4.74. The number of methoxy groups -OCH3 is 2. The molecule has 0 spiro atoms. The summed E-state index contributed by atoms with van der Waals surface area (Å²) in [5.41, 5.74) is 0.643. The van der Waals surface area contributed by atoms with Crippen molar-refractivity contribution in [1.82, 2.24) is 4.98 Å². The second-order valence-corrected chi connectivity index (χ2v) is 9.31. The number of hydrogen-bond donors (Lipinski definition) is 0. The van der Waals surface area contributed by atoms with Crippen molar-refractivity contribution in [2.24, 2.45) is 0 Å². The summed E-state index contributed by atoms with van der Waals surface area (Å²) in [6.45, 7) is 0.290. The maximum Gasteiger partial charge on any atom is 0.230 e. The Kier molecular flexibility index (Phi) is 7.24. The molecule has 1 amide bonds. The van der Waals surface area contributed by atoms with Crippen molar-refractivity contribution in [3.8, 4) is 11.5 Å². The number of ether oxygens (including phenoxy) is 2. The van der Waals surface area contributed by atoms with Gasteiger partial charge in [0.05, 0.1) is 36.8 Å². The average Bonchev–Trinajstić information content (AvgIpc) is 3.49. The van der Waals surface area contributed by atoms with Crippen LogP contribution < -0.4 is 14.4 Å². The zero-order chi connectivity index (χ0) is 22.5. The van der Waals surface area contributed by atoms with Gasteiger partial charge in [0, 0.05) is 17.1 Å². The van der Waals surface area contributed by atoms with E-state index >= 15 is 0 Å². The van der Waals surface area contributed by atoms with Gasteiger partial charge in [0.15, 0.2) is 5.13 Å². The van der Waals surface area contributed by atoms with Crippen LogP contribution in [0.3, 0.4) is 0 Å². The van der Waals surface area contributed by atoms with E-state index in [1.54, 1.807) is 55.3 Å². The van der Waals surface area contributed by atoms with Gasteiger partial charge in [-0.2, -0.15) is 0 Å². The topological polar surface area (TPSA) is 64.8 Å². The highest BCUT2D eigenvalue weighted by Crippen LogP contribution is 2.39. The maximum absolute atomic E-state index is 13.2. The standard InChI is InChI=1S/C23H21ClN2O4S2/c1-28-15-5-7-17(8-6-15)31-13-11-20(27)26(14-16-4-3-12-30-16)23-25-21-19(29-2)10-9-18(24)22(21)32-23/h3-10,12H,11,13-14H2,1-2H3. The smallest absolute Gasteiger partial charge is 0.230 e. The van der Waals surface area contributed by atoms with Gasteiger partial charge in [-0.25, -0.2) is 4.98 Å². The number of hydrogen-bond acceptors (Lipinski definition) is 7. The molecule has 6 nitrogen and oxygen atoms in total. The first-order valence-corrected chi connectivity index (χ1v) is 12.0. The Labute approximate surface area is 199 Å². The molecule has 2 aromatic heterocycles. The van der Waals surface area contributed by atoms with Gasteiger partial charge in [-0.15, -0.1) is 11.8 Å². The van der Waals surface area contributed by atoms with Crippen molar-refractivity contribution in [3.63, 3.8) is 0 Å². The summed E-state index contributed by atoms with van der Waals surface area (Å²) >= 11 is 9.36. The molecule has 0 bridgehead atoms. The van der Waals surface area contributed by atoms with E-state index in [0.717, 1.165) is 15.3 Å². The van der Waals surface area contributed by atoms with Crippen LogP contribution in [0.2, 0.25) is 5.02 Å². The monoisotopic (exact) mass is 488 g/mol. The first-order valence-electron chi connectivity index (χ1n) is 9.81. The highest BCUT2D eigenvalue weighted by molar-refractivity contribution is 7.99. The minimum atomic E-state index is -0.0449. The molecule has 0 atom stereocenters. The second kappa shape index (κ2) is 10.3. The van der Waals surface area contributed by atoms with Crippen LogP contribution >= 0.6 is 34.7 Å². The zero-order valence-electron chi connectivity index (χ0n) is 17.5. The van der Waals surface area contributed by atoms with Crippen molar-refractivity contribution in [2.75, 3.05) is 24.9 Å². The lowest BCUT2D eigenvalue weighted by Gasteiger charge is -2.18. The normalized spacial score (nSPS) is 11.0. The predicted octanol–water partition coefficient (Wildman–Crippen LogP) is 6.28. The number of aromatic nitrogens is 1. The van der Waals surface area contributed by atoms with Crippen molar-refractivity contribution in [2.45, 2.75) is 17.9 Å². The fourth-order valence-electron chi connectivity index (χ4n) is 3.11. The van der Waals surface area contributed by atoms with Crippen molar-refractivity contribution >= 4 is 56.0 Å². The molecule has 0 unspecified atom stereocenters. The van der Waals surface area contributed by atoms with E-state index in [9.17, 15) is 4.79 Å². The number of anilines is 1. The Hall–Kier alpha value is -2.68. The molecule has 2 heterocycles. The molecular weight excluding hydrogens is 468 g/mol. The molecule has 0 aliphatic carbocycles. The largest absolute Gasteiger partial charge is 0.497 e. The Bertz CT molecular complexity index is 1190. The van der Waals surface area contributed by atoms with Gasteiger partial charge >= 0.3 is 0 Å². The molecular formula is C23H21ClN2O4S2. The van der Waals surface area contributed by atoms with Gasteiger partial charge in [0.1, 0.15) is 22.8 Å². The SMILES string of the molecule is COc1ccc(SCCC(=O)N(Cc2ccco2)c2nc3c(OC)ccc(Cl)c3s2)cc1. The number of benzene rings is 2. The summed E-state index contributed by atoms with van der Waals surface area (Å²) in [5, 5.41) is 1.13. The number of carbonyl (C=O) groups excluding carboxylic acids is 1. The summed E-state index contributed by atoms with van der Waals surface area (Å²) < 4.78 is 16.9. The molecule has 0 aliphatic heterocycles. The van der Waals surface area contributed by atoms with E-state index in [1.165, 1.54) is 11.3 Å². The Morgan fingerprint density at radius 1 is 1.16 bits per heavy atom. The second-order valence-electron chi connectivity index (χ2n) is 6.76. The Morgan fingerprint density at radius 2 is 1.97 bits per heavy atom. The Morgan fingerprint density at radius 3 is 2.66 bits per heavy atom. The van der Waals surface area contributed by atoms with E-state index in [0.29, 0.717) is 45.9 Å². The number of carbonyl (C=O) groups is 1. The van der Waals surface area contributed by atoms with Crippen LogP contribution in [0.15, 0.2) is 64.1 Å². The molecule has 0 saturated carbocycles.